The molecule has 0 aliphatic rings. The molecule has 0 unspecified atom stereocenters. The molecule has 0 saturated carbocycles. The molecule has 2 rings (SSSR count). The average Bonchev–Trinajstić information content (AvgIpc) is 3.09. The highest BCUT2D eigenvalue weighted by atomic mass is 32.1. The molecule has 3 N–H and O–H groups in total. The number of benzene rings is 1. The highest BCUT2D eigenvalue weighted by molar-refractivity contribution is 7.18. The first-order valence-electron chi connectivity index (χ1n) is 10.9. The fourth-order valence-electron chi connectivity index (χ4n) is 3.45. The largest absolute Gasteiger partial charge is 0.462 e. The summed E-state index contributed by atoms with van der Waals surface area (Å²) >= 11 is 1.07. The highest BCUT2D eigenvalue weighted by Crippen LogP contribution is 2.33. The van der Waals surface area contributed by atoms with E-state index < -0.39 is 5.97 Å². The summed E-state index contributed by atoms with van der Waals surface area (Å²) in [6.07, 6.45) is 0.976. The van der Waals surface area contributed by atoms with E-state index in [-0.39, 0.29) is 42.5 Å². The van der Waals surface area contributed by atoms with Crippen molar-refractivity contribution in [3.05, 3.63) is 51.4 Å². The third-order valence-electron chi connectivity index (χ3n) is 5.21. The van der Waals surface area contributed by atoms with Gasteiger partial charge in [0.1, 0.15) is 5.00 Å². The second-order valence-electron chi connectivity index (χ2n) is 7.81. The Morgan fingerprint density at radius 2 is 1.75 bits per heavy atom. The monoisotopic (exact) mass is 459 g/mol. The molecule has 0 aliphatic heterocycles. The van der Waals surface area contributed by atoms with E-state index in [4.69, 9.17) is 4.74 Å². The number of hydrogen-bond donors (Lipinski definition) is 3. The Morgan fingerprint density at radius 3 is 2.28 bits per heavy atom. The second kappa shape index (κ2) is 11.8. The number of ether oxygens (including phenoxy) is 1. The number of nitrogens with one attached hydrogen (secondary N) is 3. The summed E-state index contributed by atoms with van der Waals surface area (Å²) in [5.74, 6) is -0.895. The maximum atomic E-state index is 12.7. The van der Waals surface area contributed by atoms with Crippen LogP contribution in [0.1, 0.15) is 70.5 Å². The molecule has 0 saturated heterocycles. The van der Waals surface area contributed by atoms with Gasteiger partial charge in [-0.05, 0) is 42.9 Å². The van der Waals surface area contributed by atoms with Gasteiger partial charge in [0, 0.05) is 13.1 Å². The van der Waals surface area contributed by atoms with E-state index in [2.05, 4.69) is 61.0 Å². The second-order valence-corrected chi connectivity index (χ2v) is 8.83. The molecule has 2 aromatic rings. The maximum absolute atomic E-state index is 12.7. The van der Waals surface area contributed by atoms with Crippen LogP contribution in [-0.4, -0.2) is 38.0 Å². The molecule has 0 bridgehead atoms. The topological polar surface area (TPSA) is 96.5 Å². The molecule has 7 nitrogen and oxygen atoms in total. The van der Waals surface area contributed by atoms with Crippen LogP contribution in [0.3, 0.4) is 0 Å². The van der Waals surface area contributed by atoms with E-state index in [1.807, 2.05) is 0 Å². The Balaban J connectivity index is 2.18. The number of amides is 2. The lowest BCUT2D eigenvalue weighted by molar-refractivity contribution is -0.115. The number of carbonyl (C=O) groups excluding carboxylic acids is 3. The first kappa shape index (κ1) is 25.5. The zero-order valence-electron chi connectivity index (χ0n) is 19.6. The summed E-state index contributed by atoms with van der Waals surface area (Å²) in [4.78, 5) is 37.8. The quantitative estimate of drug-likeness (QED) is 0.465. The van der Waals surface area contributed by atoms with Gasteiger partial charge >= 0.3 is 5.97 Å². The van der Waals surface area contributed by atoms with E-state index in [1.54, 1.807) is 13.8 Å². The van der Waals surface area contributed by atoms with Gasteiger partial charge in [0.05, 0.1) is 23.6 Å². The maximum Gasteiger partial charge on any atom is 0.341 e. The summed E-state index contributed by atoms with van der Waals surface area (Å²) in [6.45, 7) is 9.96. The van der Waals surface area contributed by atoms with Gasteiger partial charge in [-0.2, -0.15) is 0 Å². The lowest BCUT2D eigenvalue weighted by Gasteiger charge is -2.23. The fraction of sp³-hybridized carbons (Fsp3) is 0.458. The molecular weight excluding hydrogens is 426 g/mol. The summed E-state index contributed by atoms with van der Waals surface area (Å²) in [6, 6.07) is 8.39. The fourth-order valence-corrected chi connectivity index (χ4v) is 4.61. The number of carbonyl (C=O) groups is 3. The van der Waals surface area contributed by atoms with Gasteiger partial charge in [-0.3, -0.25) is 9.59 Å². The number of thiophene rings is 1. The van der Waals surface area contributed by atoms with Crippen LogP contribution in [0.5, 0.6) is 0 Å². The molecule has 0 aliphatic carbocycles. The molecule has 174 valence electrons. The van der Waals surface area contributed by atoms with Gasteiger partial charge in [-0.15, -0.1) is 11.3 Å². The Labute approximate surface area is 193 Å². The molecule has 1 heterocycles. The minimum atomic E-state index is -0.560. The molecule has 1 aromatic heterocycles. The Kier molecular flexibility index (Phi) is 9.41. The molecule has 0 spiro atoms. The number of esters is 1. The Morgan fingerprint density at radius 1 is 1.09 bits per heavy atom. The molecule has 1 aromatic carbocycles. The molecular formula is C24H33N3O4S. The minimum absolute atomic E-state index is 0.00249. The summed E-state index contributed by atoms with van der Waals surface area (Å²) in [5, 5.41) is 8.99. The van der Waals surface area contributed by atoms with E-state index in [9.17, 15) is 14.4 Å². The van der Waals surface area contributed by atoms with E-state index in [1.165, 1.54) is 12.6 Å². The number of anilines is 1. The SMILES string of the molecule is CCOC(=O)c1c(NC(=O)CN[C@@H](c2ccc(CC)cc2)C(C)C)sc(C(=O)NC)c1C. The number of rotatable bonds is 10. The Bertz CT molecular complexity index is 951. The highest BCUT2D eigenvalue weighted by Gasteiger charge is 2.26. The van der Waals surface area contributed by atoms with Crippen LogP contribution < -0.4 is 16.0 Å². The zero-order valence-corrected chi connectivity index (χ0v) is 20.4. The number of hydrogen-bond acceptors (Lipinski definition) is 6. The molecule has 8 heteroatoms. The minimum Gasteiger partial charge on any atom is -0.462 e. The van der Waals surface area contributed by atoms with Crippen molar-refractivity contribution in [2.45, 2.75) is 47.1 Å². The van der Waals surface area contributed by atoms with Gasteiger partial charge < -0.3 is 20.7 Å². The normalized spacial score (nSPS) is 11.8. The number of aryl methyl sites for hydroxylation is 1. The van der Waals surface area contributed by atoms with Gasteiger partial charge in [0.15, 0.2) is 0 Å². The van der Waals surface area contributed by atoms with Gasteiger partial charge in [0.25, 0.3) is 5.91 Å². The molecule has 0 radical (unpaired) electrons. The van der Waals surface area contributed by atoms with Gasteiger partial charge in [0.2, 0.25) is 5.91 Å². The van der Waals surface area contributed by atoms with Gasteiger partial charge in [-0.25, -0.2) is 4.79 Å². The van der Waals surface area contributed by atoms with Crippen molar-refractivity contribution in [2.24, 2.45) is 5.92 Å². The molecule has 2 amide bonds. The first-order chi connectivity index (χ1) is 15.2. The molecule has 1 atom stereocenters. The third kappa shape index (κ3) is 6.17. The van der Waals surface area contributed by atoms with Crippen molar-refractivity contribution >= 4 is 34.1 Å². The Hall–Kier alpha value is -2.71. The predicted octanol–water partition coefficient (Wildman–Crippen LogP) is 4.08. The van der Waals surface area contributed by atoms with Crippen LogP contribution in [0.15, 0.2) is 24.3 Å². The van der Waals surface area contributed by atoms with Crippen molar-refractivity contribution < 1.29 is 19.1 Å². The first-order valence-corrected chi connectivity index (χ1v) is 11.7. The lowest BCUT2D eigenvalue weighted by atomic mass is 9.95. The van der Waals surface area contributed by atoms with Crippen molar-refractivity contribution in [3.8, 4) is 0 Å². The zero-order chi connectivity index (χ0) is 23.8. The van der Waals surface area contributed by atoms with Crippen molar-refractivity contribution in [3.63, 3.8) is 0 Å². The molecule has 0 fully saturated rings. The van der Waals surface area contributed by atoms with Crippen LogP contribution in [0.25, 0.3) is 0 Å². The standard InChI is InChI=1S/C24H33N3O4S/c1-7-16-9-11-17(12-10-16)20(14(3)4)26-13-18(28)27-23-19(24(30)31-8-2)15(5)21(32-23)22(29)25-6/h9-12,14,20,26H,7-8,13H2,1-6H3,(H,25,29)(H,27,28)/t20-/m1/s1. The summed E-state index contributed by atoms with van der Waals surface area (Å²) < 4.78 is 5.13. The van der Waals surface area contributed by atoms with E-state index in [0.29, 0.717) is 15.4 Å². The predicted molar refractivity (Wildman–Crippen MR) is 128 cm³/mol. The van der Waals surface area contributed by atoms with Crippen LogP contribution in [0.2, 0.25) is 0 Å². The van der Waals surface area contributed by atoms with Crippen molar-refractivity contribution in [2.75, 3.05) is 25.5 Å². The van der Waals surface area contributed by atoms with Crippen LogP contribution in [0.4, 0.5) is 5.00 Å². The van der Waals surface area contributed by atoms with E-state index in [0.717, 1.165) is 23.3 Å². The summed E-state index contributed by atoms with van der Waals surface area (Å²) in [5.41, 5.74) is 3.10. The van der Waals surface area contributed by atoms with Crippen LogP contribution in [0, 0.1) is 12.8 Å². The van der Waals surface area contributed by atoms with Crippen molar-refractivity contribution in [1.29, 1.82) is 0 Å². The third-order valence-corrected chi connectivity index (χ3v) is 6.41. The van der Waals surface area contributed by atoms with E-state index >= 15 is 0 Å². The lowest BCUT2D eigenvalue weighted by Crippen LogP contribution is -2.33. The van der Waals surface area contributed by atoms with Crippen LogP contribution in [-0.2, 0) is 16.0 Å². The smallest absolute Gasteiger partial charge is 0.341 e. The molecule has 32 heavy (non-hydrogen) atoms. The van der Waals surface area contributed by atoms with Gasteiger partial charge in [-0.1, -0.05) is 45.0 Å². The summed E-state index contributed by atoms with van der Waals surface area (Å²) in [7, 11) is 1.52. The van der Waals surface area contributed by atoms with Crippen molar-refractivity contribution in [1.82, 2.24) is 10.6 Å². The van der Waals surface area contributed by atoms with Crippen LogP contribution >= 0.6 is 11.3 Å². The average molecular weight is 460 g/mol.